The Hall–Kier alpha value is -3.54. The molecule has 0 radical (unpaired) electrons. The summed E-state index contributed by atoms with van der Waals surface area (Å²) in [6, 6.07) is 9.69. The fourth-order valence-electron chi connectivity index (χ4n) is 3.36. The largest absolute Gasteiger partial charge is 0.495 e. The number of methoxy groups -OCH3 is 1. The second-order valence-electron chi connectivity index (χ2n) is 6.48. The lowest BCUT2D eigenvalue weighted by Gasteiger charge is -2.10. The fraction of sp³-hybridized carbons (Fsp3) is 0.182. The predicted molar refractivity (Wildman–Crippen MR) is 110 cm³/mol. The van der Waals surface area contributed by atoms with Gasteiger partial charge in [0.1, 0.15) is 11.5 Å². The molecule has 1 aliphatic heterocycles. The zero-order chi connectivity index (χ0) is 19.5. The Labute approximate surface area is 162 Å². The SMILES string of the molecule is C=CCNC(=O)c1ccc2[nH]nc(C=Cc3ccc4c(c3)CCO4)c2c1OC. The summed E-state index contributed by atoms with van der Waals surface area (Å²) >= 11 is 0. The standard InChI is InChI=1S/C22H21N3O3/c1-3-11-23-22(26)16-6-8-18-20(21(16)27-2)17(24-25-18)7-4-14-5-9-19-15(13-14)10-12-28-19/h3-9,13H,1,10-12H2,2H3,(H,23,26)(H,24,25). The molecule has 142 valence electrons. The first-order valence-corrected chi connectivity index (χ1v) is 9.09. The molecule has 0 bridgehead atoms. The molecule has 0 spiro atoms. The number of fused-ring (bicyclic) bond motifs is 2. The number of hydrogen-bond donors (Lipinski definition) is 2. The summed E-state index contributed by atoms with van der Waals surface area (Å²) in [5.74, 6) is 1.24. The van der Waals surface area contributed by atoms with Gasteiger partial charge in [0, 0.05) is 13.0 Å². The van der Waals surface area contributed by atoms with E-state index in [9.17, 15) is 4.79 Å². The second-order valence-corrected chi connectivity index (χ2v) is 6.48. The van der Waals surface area contributed by atoms with Crippen LogP contribution in [0.5, 0.6) is 11.5 Å². The number of rotatable bonds is 6. The number of H-pyrrole nitrogens is 1. The highest BCUT2D eigenvalue weighted by Crippen LogP contribution is 2.32. The molecule has 2 aromatic carbocycles. The molecule has 4 rings (SSSR count). The number of nitrogens with zero attached hydrogens (tertiary/aromatic N) is 1. The smallest absolute Gasteiger partial charge is 0.255 e. The molecule has 1 aromatic heterocycles. The van der Waals surface area contributed by atoms with Crippen molar-refractivity contribution in [1.82, 2.24) is 15.5 Å². The van der Waals surface area contributed by atoms with Gasteiger partial charge < -0.3 is 14.8 Å². The van der Waals surface area contributed by atoms with Gasteiger partial charge in [-0.05, 0) is 41.5 Å². The van der Waals surface area contributed by atoms with Crippen molar-refractivity contribution in [3.8, 4) is 11.5 Å². The minimum Gasteiger partial charge on any atom is -0.495 e. The molecule has 0 atom stereocenters. The van der Waals surface area contributed by atoms with E-state index in [0.717, 1.165) is 35.2 Å². The average Bonchev–Trinajstić information content (AvgIpc) is 3.35. The predicted octanol–water partition coefficient (Wildman–Crippen LogP) is 3.59. The van der Waals surface area contributed by atoms with E-state index < -0.39 is 0 Å². The Bertz CT molecular complexity index is 1080. The van der Waals surface area contributed by atoms with Crippen molar-refractivity contribution >= 4 is 29.0 Å². The number of aromatic nitrogens is 2. The molecule has 1 aliphatic rings. The van der Waals surface area contributed by atoms with Crippen LogP contribution in [-0.2, 0) is 6.42 Å². The van der Waals surface area contributed by atoms with E-state index in [1.54, 1.807) is 19.3 Å². The summed E-state index contributed by atoms with van der Waals surface area (Å²) in [4.78, 5) is 12.4. The second kappa shape index (κ2) is 7.60. The van der Waals surface area contributed by atoms with Gasteiger partial charge in [0.15, 0.2) is 0 Å². The summed E-state index contributed by atoms with van der Waals surface area (Å²) in [5.41, 5.74) is 4.26. The molecule has 6 nitrogen and oxygen atoms in total. The number of amides is 1. The van der Waals surface area contributed by atoms with Crippen LogP contribution >= 0.6 is 0 Å². The van der Waals surface area contributed by atoms with Gasteiger partial charge in [0.05, 0.1) is 35.9 Å². The fourth-order valence-corrected chi connectivity index (χ4v) is 3.36. The summed E-state index contributed by atoms with van der Waals surface area (Å²) in [6.45, 7) is 4.75. The molecule has 0 unspecified atom stereocenters. The van der Waals surface area contributed by atoms with Gasteiger partial charge >= 0.3 is 0 Å². The summed E-state index contributed by atoms with van der Waals surface area (Å²) < 4.78 is 11.1. The Morgan fingerprint density at radius 2 is 2.25 bits per heavy atom. The van der Waals surface area contributed by atoms with Crippen LogP contribution in [0.15, 0.2) is 43.0 Å². The molecule has 28 heavy (non-hydrogen) atoms. The van der Waals surface area contributed by atoms with E-state index in [0.29, 0.717) is 23.6 Å². The minimum absolute atomic E-state index is 0.214. The molecular formula is C22H21N3O3. The zero-order valence-corrected chi connectivity index (χ0v) is 15.6. The number of carbonyl (C=O) groups excluding carboxylic acids is 1. The molecule has 0 saturated carbocycles. The molecule has 0 aliphatic carbocycles. The summed E-state index contributed by atoms with van der Waals surface area (Å²) in [7, 11) is 1.56. The van der Waals surface area contributed by atoms with Crippen LogP contribution in [-0.4, -0.2) is 36.4 Å². The lowest BCUT2D eigenvalue weighted by atomic mass is 10.1. The highest BCUT2D eigenvalue weighted by atomic mass is 16.5. The van der Waals surface area contributed by atoms with Crippen LogP contribution in [0.4, 0.5) is 0 Å². The summed E-state index contributed by atoms with van der Waals surface area (Å²) in [5, 5.41) is 10.9. The van der Waals surface area contributed by atoms with E-state index in [1.807, 2.05) is 30.4 Å². The highest BCUT2D eigenvalue weighted by Gasteiger charge is 2.18. The summed E-state index contributed by atoms with van der Waals surface area (Å²) in [6.07, 6.45) is 6.48. The van der Waals surface area contributed by atoms with Gasteiger partial charge in [-0.1, -0.05) is 18.2 Å². The van der Waals surface area contributed by atoms with Crippen molar-refractivity contribution in [3.05, 3.63) is 65.4 Å². The highest BCUT2D eigenvalue weighted by molar-refractivity contribution is 6.05. The first-order valence-electron chi connectivity index (χ1n) is 9.09. The lowest BCUT2D eigenvalue weighted by molar-refractivity contribution is 0.0955. The van der Waals surface area contributed by atoms with Crippen molar-refractivity contribution in [2.45, 2.75) is 6.42 Å². The normalized spacial score (nSPS) is 12.8. The van der Waals surface area contributed by atoms with Crippen LogP contribution < -0.4 is 14.8 Å². The third-order valence-electron chi connectivity index (χ3n) is 4.71. The van der Waals surface area contributed by atoms with Crippen molar-refractivity contribution in [3.63, 3.8) is 0 Å². The quantitative estimate of drug-likeness (QED) is 0.646. The molecule has 0 fully saturated rings. The topological polar surface area (TPSA) is 76.2 Å². The van der Waals surface area contributed by atoms with Crippen LogP contribution in [0.3, 0.4) is 0 Å². The van der Waals surface area contributed by atoms with E-state index in [-0.39, 0.29) is 5.91 Å². The van der Waals surface area contributed by atoms with E-state index in [1.165, 1.54) is 5.56 Å². The maximum absolute atomic E-state index is 12.4. The Morgan fingerprint density at radius 3 is 3.07 bits per heavy atom. The maximum atomic E-state index is 12.4. The van der Waals surface area contributed by atoms with Crippen molar-refractivity contribution in [1.29, 1.82) is 0 Å². The first kappa shape index (κ1) is 17.9. The zero-order valence-electron chi connectivity index (χ0n) is 15.6. The Kier molecular flexibility index (Phi) is 4.85. The Balaban J connectivity index is 1.71. The number of carbonyl (C=O) groups is 1. The van der Waals surface area contributed by atoms with Gasteiger partial charge in [-0.2, -0.15) is 5.10 Å². The van der Waals surface area contributed by atoms with Crippen molar-refractivity contribution in [2.24, 2.45) is 0 Å². The van der Waals surface area contributed by atoms with Gasteiger partial charge in [0.25, 0.3) is 5.91 Å². The maximum Gasteiger partial charge on any atom is 0.255 e. The van der Waals surface area contributed by atoms with Crippen molar-refractivity contribution in [2.75, 3.05) is 20.3 Å². The number of benzene rings is 2. The molecule has 3 aromatic rings. The molecule has 6 heteroatoms. The van der Waals surface area contributed by atoms with E-state index >= 15 is 0 Å². The lowest BCUT2D eigenvalue weighted by Crippen LogP contribution is -2.23. The third kappa shape index (κ3) is 3.24. The van der Waals surface area contributed by atoms with Crippen molar-refractivity contribution < 1.29 is 14.3 Å². The van der Waals surface area contributed by atoms with Crippen LogP contribution in [0.25, 0.3) is 23.1 Å². The molecular weight excluding hydrogens is 354 g/mol. The molecule has 1 amide bonds. The molecule has 0 saturated heterocycles. The van der Waals surface area contributed by atoms with Gasteiger partial charge in [-0.15, -0.1) is 6.58 Å². The third-order valence-corrected chi connectivity index (χ3v) is 4.71. The monoisotopic (exact) mass is 375 g/mol. The van der Waals surface area contributed by atoms with Gasteiger partial charge in [-0.25, -0.2) is 0 Å². The van der Waals surface area contributed by atoms with Gasteiger partial charge in [-0.3, -0.25) is 9.89 Å². The van der Waals surface area contributed by atoms with Crippen LogP contribution in [0.1, 0.15) is 27.2 Å². The van der Waals surface area contributed by atoms with Crippen LogP contribution in [0.2, 0.25) is 0 Å². The van der Waals surface area contributed by atoms with E-state index in [4.69, 9.17) is 9.47 Å². The Morgan fingerprint density at radius 1 is 1.36 bits per heavy atom. The molecule has 2 heterocycles. The molecule has 2 N–H and O–H groups in total. The number of hydrogen-bond acceptors (Lipinski definition) is 4. The number of aromatic amines is 1. The minimum atomic E-state index is -0.214. The van der Waals surface area contributed by atoms with Crippen LogP contribution in [0, 0.1) is 0 Å². The first-order chi connectivity index (χ1) is 13.7. The van der Waals surface area contributed by atoms with E-state index in [2.05, 4.69) is 28.2 Å². The number of ether oxygens (including phenoxy) is 2. The average molecular weight is 375 g/mol. The van der Waals surface area contributed by atoms with Gasteiger partial charge in [0.2, 0.25) is 0 Å². The number of nitrogens with one attached hydrogen (secondary N) is 2.